The van der Waals surface area contributed by atoms with Crippen molar-refractivity contribution in [3.63, 3.8) is 0 Å². The van der Waals surface area contributed by atoms with Crippen LogP contribution in [-0.4, -0.2) is 87.2 Å². The standard InChI is InChI=1S/C23H37N5O2/c1-4-30-22(29)20-10-12-28(13-11-20)23(24-3)25-18-19(2)26-14-16-27(17-15-26)21-8-6-5-7-9-21/h5-9,19-20H,4,10-18H2,1-3H3,(H,24,25). The first-order valence-corrected chi connectivity index (χ1v) is 11.3. The number of nitrogens with zero attached hydrogens (tertiary/aromatic N) is 4. The van der Waals surface area contributed by atoms with Crippen LogP contribution in [0.5, 0.6) is 0 Å². The van der Waals surface area contributed by atoms with Crippen LogP contribution in [0.4, 0.5) is 5.69 Å². The van der Waals surface area contributed by atoms with E-state index in [0.29, 0.717) is 12.6 Å². The Bertz CT molecular complexity index is 680. The summed E-state index contributed by atoms with van der Waals surface area (Å²) < 4.78 is 5.17. The number of rotatable bonds is 6. The van der Waals surface area contributed by atoms with Crippen molar-refractivity contribution in [3.05, 3.63) is 30.3 Å². The monoisotopic (exact) mass is 415 g/mol. The van der Waals surface area contributed by atoms with Gasteiger partial charge in [0, 0.05) is 64.6 Å². The highest BCUT2D eigenvalue weighted by Gasteiger charge is 2.28. The number of carbonyl (C=O) groups excluding carboxylic acids is 1. The number of guanidine groups is 1. The maximum absolute atomic E-state index is 12.0. The SMILES string of the molecule is CCOC(=O)C1CCN(C(=NC)NCC(C)N2CCN(c3ccccc3)CC2)CC1. The number of aliphatic imine (C=N–C) groups is 1. The molecule has 1 aromatic rings. The molecule has 7 heteroatoms. The molecule has 1 N–H and O–H groups in total. The van der Waals surface area contributed by atoms with Gasteiger partial charge >= 0.3 is 5.97 Å². The molecule has 0 aromatic heterocycles. The molecule has 2 aliphatic rings. The first-order valence-electron chi connectivity index (χ1n) is 11.3. The van der Waals surface area contributed by atoms with Crippen molar-refractivity contribution < 1.29 is 9.53 Å². The Morgan fingerprint density at radius 2 is 1.80 bits per heavy atom. The number of hydrogen-bond donors (Lipinski definition) is 1. The Morgan fingerprint density at radius 1 is 1.13 bits per heavy atom. The van der Waals surface area contributed by atoms with Crippen molar-refractivity contribution >= 4 is 17.6 Å². The second-order valence-electron chi connectivity index (χ2n) is 8.15. The van der Waals surface area contributed by atoms with Gasteiger partial charge in [0.2, 0.25) is 0 Å². The van der Waals surface area contributed by atoms with Crippen LogP contribution in [0.1, 0.15) is 26.7 Å². The van der Waals surface area contributed by atoms with E-state index in [1.54, 1.807) is 0 Å². The third-order valence-corrected chi connectivity index (χ3v) is 6.24. The first kappa shape index (κ1) is 22.4. The highest BCUT2D eigenvalue weighted by molar-refractivity contribution is 5.80. The molecule has 2 aliphatic heterocycles. The highest BCUT2D eigenvalue weighted by Crippen LogP contribution is 2.19. The summed E-state index contributed by atoms with van der Waals surface area (Å²) in [6.07, 6.45) is 1.66. The summed E-state index contributed by atoms with van der Waals surface area (Å²) in [6, 6.07) is 11.1. The fourth-order valence-corrected chi connectivity index (χ4v) is 4.35. The Balaban J connectivity index is 1.41. The topological polar surface area (TPSA) is 60.4 Å². The molecule has 3 rings (SSSR count). The summed E-state index contributed by atoms with van der Waals surface area (Å²) in [5.41, 5.74) is 1.31. The molecule has 2 heterocycles. The van der Waals surface area contributed by atoms with E-state index in [1.165, 1.54) is 5.69 Å². The molecule has 0 amide bonds. The molecule has 1 aromatic carbocycles. The zero-order chi connectivity index (χ0) is 21.3. The maximum Gasteiger partial charge on any atom is 0.309 e. The number of piperazine rings is 1. The van der Waals surface area contributed by atoms with E-state index >= 15 is 0 Å². The van der Waals surface area contributed by atoms with E-state index < -0.39 is 0 Å². The Labute approximate surface area is 181 Å². The van der Waals surface area contributed by atoms with Crippen molar-refractivity contribution in [2.75, 3.05) is 64.4 Å². The summed E-state index contributed by atoms with van der Waals surface area (Å²) in [6.45, 7) is 11.4. The van der Waals surface area contributed by atoms with Crippen molar-refractivity contribution in [1.29, 1.82) is 0 Å². The molecule has 0 saturated carbocycles. The normalized spacial score (nSPS) is 20.2. The Morgan fingerprint density at radius 3 is 2.40 bits per heavy atom. The number of anilines is 1. The van der Waals surface area contributed by atoms with Gasteiger partial charge in [0.25, 0.3) is 0 Å². The summed E-state index contributed by atoms with van der Waals surface area (Å²) >= 11 is 0. The number of nitrogens with one attached hydrogen (secondary N) is 1. The predicted molar refractivity (Wildman–Crippen MR) is 122 cm³/mol. The molecule has 1 unspecified atom stereocenters. The van der Waals surface area contributed by atoms with Crippen LogP contribution in [0.3, 0.4) is 0 Å². The maximum atomic E-state index is 12.0. The number of piperidine rings is 1. The van der Waals surface area contributed by atoms with Gasteiger partial charge in [0.1, 0.15) is 0 Å². The largest absolute Gasteiger partial charge is 0.466 e. The molecule has 0 radical (unpaired) electrons. The number of likely N-dealkylation sites (tertiary alicyclic amines) is 1. The molecule has 0 bridgehead atoms. The van der Waals surface area contributed by atoms with Gasteiger partial charge in [0.15, 0.2) is 5.96 Å². The molecule has 2 saturated heterocycles. The molecule has 7 nitrogen and oxygen atoms in total. The minimum absolute atomic E-state index is 0.0270. The second kappa shape index (κ2) is 11.2. The molecular weight excluding hydrogens is 378 g/mol. The van der Waals surface area contributed by atoms with Gasteiger partial charge in [-0.3, -0.25) is 14.7 Å². The average Bonchev–Trinajstić information content (AvgIpc) is 2.80. The van der Waals surface area contributed by atoms with Crippen LogP contribution in [0.2, 0.25) is 0 Å². The van der Waals surface area contributed by atoms with Crippen molar-refractivity contribution in [2.24, 2.45) is 10.9 Å². The van der Waals surface area contributed by atoms with Crippen molar-refractivity contribution in [2.45, 2.75) is 32.7 Å². The number of benzene rings is 1. The molecule has 0 spiro atoms. The molecule has 166 valence electrons. The lowest BCUT2D eigenvalue weighted by Gasteiger charge is -2.40. The molecule has 2 fully saturated rings. The summed E-state index contributed by atoms with van der Waals surface area (Å²) in [4.78, 5) is 23.7. The quantitative estimate of drug-likeness (QED) is 0.436. The fraction of sp³-hybridized carbons (Fsp3) is 0.652. The van der Waals surface area contributed by atoms with E-state index in [1.807, 2.05) is 14.0 Å². The van der Waals surface area contributed by atoms with Crippen molar-refractivity contribution in [1.82, 2.24) is 15.1 Å². The van der Waals surface area contributed by atoms with E-state index in [-0.39, 0.29) is 11.9 Å². The van der Waals surface area contributed by atoms with Gasteiger partial charge in [-0.1, -0.05) is 18.2 Å². The average molecular weight is 416 g/mol. The summed E-state index contributed by atoms with van der Waals surface area (Å²) in [5, 5.41) is 3.55. The van der Waals surface area contributed by atoms with Gasteiger partial charge < -0.3 is 19.9 Å². The second-order valence-corrected chi connectivity index (χ2v) is 8.15. The lowest BCUT2D eigenvalue weighted by atomic mass is 9.97. The first-order chi connectivity index (χ1) is 14.6. The van der Waals surface area contributed by atoms with Gasteiger partial charge in [-0.05, 0) is 38.8 Å². The molecule has 30 heavy (non-hydrogen) atoms. The third kappa shape index (κ3) is 5.88. The van der Waals surface area contributed by atoms with E-state index in [0.717, 1.165) is 64.6 Å². The number of para-hydroxylation sites is 1. The van der Waals surface area contributed by atoms with E-state index in [4.69, 9.17) is 4.74 Å². The van der Waals surface area contributed by atoms with Crippen LogP contribution < -0.4 is 10.2 Å². The zero-order valence-corrected chi connectivity index (χ0v) is 18.7. The van der Waals surface area contributed by atoms with Crippen LogP contribution in [-0.2, 0) is 9.53 Å². The Hall–Kier alpha value is -2.28. The number of ether oxygens (including phenoxy) is 1. The smallest absolute Gasteiger partial charge is 0.309 e. The molecular formula is C23H37N5O2. The zero-order valence-electron chi connectivity index (χ0n) is 18.7. The lowest BCUT2D eigenvalue weighted by Crippen LogP contribution is -2.54. The van der Waals surface area contributed by atoms with Crippen LogP contribution in [0, 0.1) is 5.92 Å². The molecule has 0 aliphatic carbocycles. The van der Waals surface area contributed by atoms with Gasteiger partial charge in [-0.15, -0.1) is 0 Å². The fourth-order valence-electron chi connectivity index (χ4n) is 4.35. The van der Waals surface area contributed by atoms with Crippen LogP contribution >= 0.6 is 0 Å². The number of hydrogen-bond acceptors (Lipinski definition) is 5. The number of carbonyl (C=O) groups is 1. The number of esters is 1. The third-order valence-electron chi connectivity index (χ3n) is 6.24. The Kier molecular flexibility index (Phi) is 8.37. The van der Waals surface area contributed by atoms with Crippen molar-refractivity contribution in [3.8, 4) is 0 Å². The van der Waals surface area contributed by atoms with Crippen LogP contribution in [0.25, 0.3) is 0 Å². The predicted octanol–water partition coefficient (Wildman–Crippen LogP) is 2.05. The van der Waals surface area contributed by atoms with Gasteiger partial charge in [-0.25, -0.2) is 0 Å². The van der Waals surface area contributed by atoms with Gasteiger partial charge in [0.05, 0.1) is 12.5 Å². The van der Waals surface area contributed by atoms with E-state index in [2.05, 4.69) is 62.3 Å². The summed E-state index contributed by atoms with van der Waals surface area (Å²) in [5.74, 6) is 0.912. The minimum Gasteiger partial charge on any atom is -0.466 e. The highest BCUT2D eigenvalue weighted by atomic mass is 16.5. The summed E-state index contributed by atoms with van der Waals surface area (Å²) in [7, 11) is 1.84. The minimum atomic E-state index is -0.0524. The van der Waals surface area contributed by atoms with E-state index in [9.17, 15) is 4.79 Å². The molecule has 1 atom stereocenters. The van der Waals surface area contributed by atoms with Gasteiger partial charge in [-0.2, -0.15) is 0 Å². The van der Waals surface area contributed by atoms with Crippen LogP contribution in [0.15, 0.2) is 35.3 Å². The lowest BCUT2D eigenvalue weighted by molar-refractivity contribution is -0.149.